The van der Waals surface area contributed by atoms with Crippen molar-refractivity contribution in [3.63, 3.8) is 0 Å². The van der Waals surface area contributed by atoms with Gasteiger partial charge in [0.15, 0.2) is 0 Å². The second-order valence-electron chi connectivity index (χ2n) is 6.21. The summed E-state index contributed by atoms with van der Waals surface area (Å²) in [4.78, 5) is 27.7. The fraction of sp³-hybridized carbons (Fsp3) is 0.158. The minimum absolute atomic E-state index is 0.355. The number of aromatic nitrogens is 1. The molecule has 0 atom stereocenters. The van der Waals surface area contributed by atoms with E-state index in [1.165, 1.54) is 16.9 Å². The Bertz CT molecular complexity index is 1100. The first kappa shape index (κ1) is 17.5. The van der Waals surface area contributed by atoms with E-state index in [0.29, 0.717) is 17.1 Å². The normalized spacial score (nSPS) is 13.0. The van der Waals surface area contributed by atoms with Crippen molar-refractivity contribution in [2.45, 2.75) is 19.0 Å². The number of fused-ring (bicyclic) bond motifs is 3. The SMILES string of the molecule is O=C(Nc1cc(C(F)(F)F)c[nH]c1=O)c1cc2c(s1)-c1ccccc1CC2. The van der Waals surface area contributed by atoms with E-state index >= 15 is 0 Å². The summed E-state index contributed by atoms with van der Waals surface area (Å²) >= 11 is 1.27. The molecule has 27 heavy (non-hydrogen) atoms. The average Bonchev–Trinajstić information content (AvgIpc) is 3.07. The van der Waals surface area contributed by atoms with Crippen molar-refractivity contribution >= 4 is 22.9 Å². The highest BCUT2D eigenvalue weighted by molar-refractivity contribution is 7.17. The highest BCUT2D eigenvalue weighted by Gasteiger charge is 2.31. The molecule has 1 aromatic carbocycles. The summed E-state index contributed by atoms with van der Waals surface area (Å²) in [5.41, 5.74) is 1.05. The van der Waals surface area contributed by atoms with E-state index in [2.05, 4.69) is 5.32 Å². The highest BCUT2D eigenvalue weighted by Crippen LogP contribution is 2.39. The van der Waals surface area contributed by atoms with Gasteiger partial charge in [-0.15, -0.1) is 11.3 Å². The van der Waals surface area contributed by atoms with E-state index in [-0.39, 0.29) is 0 Å². The number of carbonyl (C=O) groups excluding carboxylic acids is 1. The first-order valence-electron chi connectivity index (χ1n) is 8.15. The summed E-state index contributed by atoms with van der Waals surface area (Å²) in [5.74, 6) is -0.600. The number of thiophene rings is 1. The Morgan fingerprint density at radius 3 is 2.63 bits per heavy atom. The average molecular weight is 390 g/mol. The van der Waals surface area contributed by atoms with Gasteiger partial charge in [-0.1, -0.05) is 24.3 Å². The number of benzene rings is 1. The van der Waals surface area contributed by atoms with E-state index in [9.17, 15) is 22.8 Å². The summed E-state index contributed by atoms with van der Waals surface area (Å²) < 4.78 is 38.5. The minimum Gasteiger partial charge on any atom is -0.327 e. The van der Waals surface area contributed by atoms with Crippen molar-refractivity contribution in [1.82, 2.24) is 4.98 Å². The quantitative estimate of drug-likeness (QED) is 0.678. The Hall–Kier alpha value is -2.87. The van der Waals surface area contributed by atoms with Crippen LogP contribution in [0.1, 0.15) is 26.4 Å². The number of aromatic amines is 1. The summed E-state index contributed by atoms with van der Waals surface area (Å²) in [6, 6.07) is 10.3. The highest BCUT2D eigenvalue weighted by atomic mass is 32.1. The summed E-state index contributed by atoms with van der Waals surface area (Å²) in [6.45, 7) is 0. The maximum Gasteiger partial charge on any atom is 0.417 e. The molecule has 0 saturated carbocycles. The van der Waals surface area contributed by atoms with Crippen LogP contribution in [0, 0.1) is 0 Å². The molecular formula is C19H13F3N2O2S. The smallest absolute Gasteiger partial charge is 0.327 e. The van der Waals surface area contributed by atoms with Crippen LogP contribution in [0.15, 0.2) is 47.4 Å². The van der Waals surface area contributed by atoms with E-state index in [0.717, 1.165) is 28.8 Å². The molecule has 0 fully saturated rings. The molecule has 0 radical (unpaired) electrons. The van der Waals surface area contributed by atoms with Gasteiger partial charge in [-0.25, -0.2) is 0 Å². The lowest BCUT2D eigenvalue weighted by Crippen LogP contribution is -2.21. The van der Waals surface area contributed by atoms with Crippen LogP contribution in [0.5, 0.6) is 0 Å². The van der Waals surface area contributed by atoms with Crippen LogP contribution in [0.4, 0.5) is 18.9 Å². The molecule has 4 nitrogen and oxygen atoms in total. The second-order valence-corrected chi connectivity index (χ2v) is 7.26. The van der Waals surface area contributed by atoms with Gasteiger partial charge in [-0.05, 0) is 41.7 Å². The van der Waals surface area contributed by atoms with Crippen LogP contribution < -0.4 is 10.9 Å². The monoisotopic (exact) mass is 390 g/mol. The van der Waals surface area contributed by atoms with E-state index in [1.807, 2.05) is 29.2 Å². The maximum absolute atomic E-state index is 12.8. The summed E-state index contributed by atoms with van der Waals surface area (Å²) in [6.07, 6.45) is -2.37. The van der Waals surface area contributed by atoms with Gasteiger partial charge in [0.05, 0.1) is 10.4 Å². The van der Waals surface area contributed by atoms with E-state index in [1.54, 1.807) is 6.07 Å². The van der Waals surface area contributed by atoms with Crippen molar-refractivity contribution in [1.29, 1.82) is 0 Å². The van der Waals surface area contributed by atoms with Gasteiger partial charge in [0.2, 0.25) is 0 Å². The lowest BCUT2D eigenvalue weighted by Gasteiger charge is -2.15. The van der Waals surface area contributed by atoms with Crippen molar-refractivity contribution in [2.75, 3.05) is 5.32 Å². The number of nitrogens with one attached hydrogen (secondary N) is 2. The number of anilines is 1. The molecule has 0 spiro atoms. The second kappa shape index (κ2) is 6.38. The molecule has 1 aliphatic rings. The standard InChI is InChI=1S/C19H13F3N2O2S/c20-19(21,22)12-8-14(17(25)23-9-12)24-18(26)15-7-11-6-5-10-3-1-2-4-13(10)16(11)27-15/h1-4,7-9H,5-6H2,(H,23,25)(H,24,26). The molecule has 8 heteroatoms. The zero-order valence-corrected chi connectivity index (χ0v) is 14.6. The number of hydrogen-bond donors (Lipinski definition) is 2. The Kier molecular flexibility index (Phi) is 4.15. The van der Waals surface area contributed by atoms with Gasteiger partial charge in [0.25, 0.3) is 11.5 Å². The zero-order valence-electron chi connectivity index (χ0n) is 13.8. The summed E-state index contributed by atoms with van der Waals surface area (Å²) in [7, 11) is 0. The molecule has 2 heterocycles. The number of alkyl halides is 3. The van der Waals surface area contributed by atoms with Crippen LogP contribution in [-0.2, 0) is 19.0 Å². The third-order valence-corrected chi connectivity index (χ3v) is 5.65. The van der Waals surface area contributed by atoms with Gasteiger partial charge in [-0.2, -0.15) is 13.2 Å². The predicted octanol–water partition coefficient (Wildman–Crippen LogP) is 4.47. The molecule has 2 aromatic heterocycles. The van der Waals surface area contributed by atoms with Crippen molar-refractivity contribution in [2.24, 2.45) is 0 Å². The van der Waals surface area contributed by atoms with Crippen molar-refractivity contribution in [3.8, 4) is 10.4 Å². The minimum atomic E-state index is -4.62. The molecule has 4 rings (SSSR count). The molecular weight excluding hydrogens is 377 g/mol. The van der Waals surface area contributed by atoms with Crippen LogP contribution in [0.25, 0.3) is 10.4 Å². The van der Waals surface area contributed by atoms with Gasteiger partial charge < -0.3 is 10.3 Å². The van der Waals surface area contributed by atoms with Gasteiger partial charge >= 0.3 is 6.18 Å². The molecule has 1 aliphatic carbocycles. The van der Waals surface area contributed by atoms with Gasteiger partial charge in [0, 0.05) is 11.1 Å². The number of aryl methyl sites for hydroxylation is 2. The Balaban J connectivity index is 1.65. The molecule has 0 aliphatic heterocycles. The maximum atomic E-state index is 12.8. The third-order valence-electron chi connectivity index (χ3n) is 4.44. The predicted molar refractivity (Wildman–Crippen MR) is 97.2 cm³/mol. The summed E-state index contributed by atoms with van der Waals surface area (Å²) in [5, 5.41) is 2.30. The topological polar surface area (TPSA) is 62.0 Å². The number of H-pyrrole nitrogens is 1. The largest absolute Gasteiger partial charge is 0.417 e. The lowest BCUT2D eigenvalue weighted by molar-refractivity contribution is -0.137. The van der Waals surface area contributed by atoms with Crippen molar-refractivity contribution in [3.05, 3.63) is 74.5 Å². The van der Waals surface area contributed by atoms with Crippen molar-refractivity contribution < 1.29 is 18.0 Å². The number of hydrogen-bond acceptors (Lipinski definition) is 3. The zero-order chi connectivity index (χ0) is 19.2. The number of halogens is 3. The molecule has 3 aromatic rings. The van der Waals surface area contributed by atoms with Crippen LogP contribution in [0.2, 0.25) is 0 Å². The van der Waals surface area contributed by atoms with Crippen LogP contribution in [-0.4, -0.2) is 10.9 Å². The Labute approximate surface area is 155 Å². The Morgan fingerprint density at radius 1 is 1.11 bits per heavy atom. The number of rotatable bonds is 2. The number of carbonyl (C=O) groups is 1. The van der Waals surface area contributed by atoms with Crippen LogP contribution >= 0.6 is 11.3 Å². The van der Waals surface area contributed by atoms with E-state index < -0.39 is 28.9 Å². The first-order valence-corrected chi connectivity index (χ1v) is 8.97. The molecule has 0 unspecified atom stereocenters. The van der Waals surface area contributed by atoms with E-state index in [4.69, 9.17) is 0 Å². The molecule has 138 valence electrons. The number of amides is 1. The fourth-order valence-electron chi connectivity index (χ4n) is 3.11. The first-order chi connectivity index (χ1) is 12.8. The lowest BCUT2D eigenvalue weighted by atomic mass is 9.91. The Morgan fingerprint density at radius 2 is 1.85 bits per heavy atom. The molecule has 0 saturated heterocycles. The number of pyridine rings is 1. The van der Waals surface area contributed by atoms with Crippen LogP contribution in [0.3, 0.4) is 0 Å². The van der Waals surface area contributed by atoms with Gasteiger partial charge in [-0.3, -0.25) is 9.59 Å². The fourth-order valence-corrected chi connectivity index (χ4v) is 4.27. The van der Waals surface area contributed by atoms with Gasteiger partial charge in [0.1, 0.15) is 5.69 Å². The molecule has 0 bridgehead atoms. The third kappa shape index (κ3) is 3.28. The molecule has 1 amide bonds. The molecule has 2 N–H and O–H groups in total.